The summed E-state index contributed by atoms with van der Waals surface area (Å²) in [4.78, 5) is 10.8. The molecule has 0 spiro atoms. The fraction of sp³-hybridized carbons (Fsp3) is 0.875. The predicted octanol–water partition coefficient (Wildman–Crippen LogP) is 0.924. The number of nitrogens with two attached hydrogens (primary N) is 1. The van der Waals surface area contributed by atoms with Crippen LogP contribution in [0.3, 0.4) is 0 Å². The van der Waals surface area contributed by atoms with Gasteiger partial charge in [0.05, 0.1) is 13.0 Å². The van der Waals surface area contributed by atoms with Crippen LogP contribution in [0.5, 0.6) is 0 Å². The van der Waals surface area contributed by atoms with Crippen molar-refractivity contribution in [3.63, 3.8) is 0 Å². The molecule has 0 saturated carbocycles. The first-order chi connectivity index (χ1) is 5.20. The number of esters is 1. The molecule has 0 amide bonds. The monoisotopic (exact) mass is 159 g/mol. The van der Waals surface area contributed by atoms with Gasteiger partial charge >= 0.3 is 5.97 Å². The average molecular weight is 159 g/mol. The first kappa shape index (κ1) is 10.4. The van der Waals surface area contributed by atoms with Crippen molar-refractivity contribution in [2.45, 2.75) is 26.7 Å². The molecule has 0 rings (SSSR count). The third-order valence-electron chi connectivity index (χ3n) is 1.57. The minimum absolute atomic E-state index is 0.187. The molecule has 0 aliphatic carbocycles. The maximum Gasteiger partial charge on any atom is 0.307 e. The third kappa shape index (κ3) is 5.85. The first-order valence-corrected chi connectivity index (χ1v) is 4.06. The van der Waals surface area contributed by atoms with Gasteiger partial charge in [-0.2, -0.15) is 0 Å². The lowest BCUT2D eigenvalue weighted by Crippen LogP contribution is -2.14. The summed E-state index contributed by atoms with van der Waals surface area (Å²) in [6.07, 6.45) is 1.37. The Morgan fingerprint density at radius 2 is 2.27 bits per heavy atom. The molecular formula is C8H17NO2. The second-order valence-electron chi connectivity index (χ2n) is 2.74. The number of carbonyl (C=O) groups is 1. The Balaban J connectivity index is 3.30. The largest absolute Gasteiger partial charge is 0.465 e. The Labute approximate surface area is 67.9 Å². The van der Waals surface area contributed by atoms with Gasteiger partial charge in [0.1, 0.15) is 0 Å². The predicted molar refractivity (Wildman–Crippen MR) is 44.1 cm³/mol. The van der Waals surface area contributed by atoms with E-state index in [0.717, 1.165) is 6.42 Å². The van der Waals surface area contributed by atoms with E-state index in [1.165, 1.54) is 0 Å². The maximum atomic E-state index is 10.8. The second kappa shape index (κ2) is 6.16. The molecule has 0 saturated heterocycles. The minimum atomic E-state index is -0.187. The number of hydrogen-bond acceptors (Lipinski definition) is 3. The van der Waals surface area contributed by atoms with Crippen molar-refractivity contribution in [1.82, 2.24) is 0 Å². The van der Waals surface area contributed by atoms with Gasteiger partial charge in [0, 0.05) is 6.54 Å². The molecule has 66 valence electrons. The van der Waals surface area contributed by atoms with E-state index >= 15 is 0 Å². The summed E-state index contributed by atoms with van der Waals surface area (Å²) in [6, 6.07) is 0. The molecule has 3 nitrogen and oxygen atoms in total. The van der Waals surface area contributed by atoms with Gasteiger partial charge in [0.2, 0.25) is 0 Å². The van der Waals surface area contributed by atoms with E-state index in [2.05, 4.69) is 13.8 Å². The molecule has 3 heteroatoms. The van der Waals surface area contributed by atoms with E-state index in [1.807, 2.05) is 0 Å². The summed E-state index contributed by atoms with van der Waals surface area (Å²) in [5, 5.41) is 0. The lowest BCUT2D eigenvalue weighted by molar-refractivity contribution is -0.144. The molecule has 0 aromatic rings. The highest BCUT2D eigenvalue weighted by atomic mass is 16.5. The van der Waals surface area contributed by atoms with E-state index in [0.29, 0.717) is 25.5 Å². The zero-order valence-corrected chi connectivity index (χ0v) is 7.30. The fourth-order valence-corrected chi connectivity index (χ4v) is 0.543. The van der Waals surface area contributed by atoms with E-state index in [1.54, 1.807) is 0 Å². The molecule has 2 N–H and O–H groups in total. The average Bonchev–Trinajstić information content (AvgIpc) is 2.01. The van der Waals surface area contributed by atoms with Gasteiger partial charge in [-0.25, -0.2) is 0 Å². The number of ether oxygens (including phenoxy) is 1. The van der Waals surface area contributed by atoms with Crippen molar-refractivity contribution in [2.24, 2.45) is 11.7 Å². The lowest BCUT2D eigenvalue weighted by atomic mass is 10.1. The Bertz CT molecular complexity index is 115. The summed E-state index contributed by atoms with van der Waals surface area (Å²) >= 11 is 0. The van der Waals surface area contributed by atoms with Gasteiger partial charge < -0.3 is 10.5 Å². The van der Waals surface area contributed by atoms with Gasteiger partial charge in [-0.3, -0.25) is 4.79 Å². The van der Waals surface area contributed by atoms with Crippen molar-refractivity contribution < 1.29 is 9.53 Å². The SMILES string of the molecule is CCC(C)COC(=O)CCN. The minimum Gasteiger partial charge on any atom is -0.465 e. The van der Waals surface area contributed by atoms with E-state index in [4.69, 9.17) is 10.5 Å². The van der Waals surface area contributed by atoms with Crippen molar-refractivity contribution in [3.8, 4) is 0 Å². The van der Waals surface area contributed by atoms with Gasteiger partial charge in [0.25, 0.3) is 0 Å². The summed E-state index contributed by atoms with van der Waals surface area (Å²) in [6.45, 7) is 5.02. The van der Waals surface area contributed by atoms with Gasteiger partial charge in [-0.05, 0) is 5.92 Å². The topological polar surface area (TPSA) is 52.3 Å². The molecule has 0 radical (unpaired) electrons. The Morgan fingerprint density at radius 3 is 2.73 bits per heavy atom. The summed E-state index contributed by atoms with van der Waals surface area (Å²) in [5.41, 5.74) is 5.17. The highest BCUT2D eigenvalue weighted by molar-refractivity contribution is 5.69. The molecule has 0 aliphatic rings. The molecule has 0 aliphatic heterocycles. The Kier molecular flexibility index (Phi) is 5.84. The first-order valence-electron chi connectivity index (χ1n) is 4.06. The second-order valence-corrected chi connectivity index (χ2v) is 2.74. The van der Waals surface area contributed by atoms with Crippen LogP contribution in [0.4, 0.5) is 0 Å². The smallest absolute Gasteiger partial charge is 0.307 e. The standard InChI is InChI=1S/C8H17NO2/c1-3-7(2)6-11-8(10)4-5-9/h7H,3-6,9H2,1-2H3. The van der Waals surface area contributed by atoms with Gasteiger partial charge in [0.15, 0.2) is 0 Å². The third-order valence-corrected chi connectivity index (χ3v) is 1.57. The van der Waals surface area contributed by atoms with Crippen LogP contribution < -0.4 is 5.73 Å². The van der Waals surface area contributed by atoms with Crippen LogP contribution in [0.15, 0.2) is 0 Å². The Hall–Kier alpha value is -0.570. The number of carbonyl (C=O) groups excluding carboxylic acids is 1. The number of rotatable bonds is 5. The normalized spacial score (nSPS) is 12.6. The fourth-order valence-electron chi connectivity index (χ4n) is 0.543. The highest BCUT2D eigenvalue weighted by Gasteiger charge is 2.03. The van der Waals surface area contributed by atoms with Crippen LogP contribution in [0.25, 0.3) is 0 Å². The van der Waals surface area contributed by atoms with Crippen molar-refractivity contribution in [3.05, 3.63) is 0 Å². The zero-order chi connectivity index (χ0) is 8.69. The van der Waals surface area contributed by atoms with Crippen LogP contribution in [-0.2, 0) is 9.53 Å². The van der Waals surface area contributed by atoms with Crippen LogP contribution >= 0.6 is 0 Å². The van der Waals surface area contributed by atoms with Crippen LogP contribution in [0, 0.1) is 5.92 Å². The molecule has 0 fully saturated rings. The summed E-state index contributed by atoms with van der Waals surface area (Å²) in [5.74, 6) is 0.268. The van der Waals surface area contributed by atoms with Crippen molar-refractivity contribution in [1.29, 1.82) is 0 Å². The Morgan fingerprint density at radius 1 is 1.64 bits per heavy atom. The van der Waals surface area contributed by atoms with E-state index in [-0.39, 0.29) is 5.97 Å². The molecule has 1 atom stereocenters. The van der Waals surface area contributed by atoms with E-state index in [9.17, 15) is 4.79 Å². The van der Waals surface area contributed by atoms with Crippen molar-refractivity contribution in [2.75, 3.05) is 13.2 Å². The van der Waals surface area contributed by atoms with Crippen LogP contribution in [0.1, 0.15) is 26.7 Å². The molecule has 11 heavy (non-hydrogen) atoms. The maximum absolute atomic E-state index is 10.8. The molecule has 0 bridgehead atoms. The quantitative estimate of drug-likeness (QED) is 0.607. The lowest BCUT2D eigenvalue weighted by Gasteiger charge is -2.08. The van der Waals surface area contributed by atoms with Crippen LogP contribution in [-0.4, -0.2) is 19.1 Å². The molecule has 0 aromatic heterocycles. The summed E-state index contributed by atoms with van der Waals surface area (Å²) in [7, 11) is 0. The van der Waals surface area contributed by atoms with Gasteiger partial charge in [-0.1, -0.05) is 20.3 Å². The molecule has 0 heterocycles. The molecule has 0 aromatic carbocycles. The van der Waals surface area contributed by atoms with Crippen LogP contribution in [0.2, 0.25) is 0 Å². The van der Waals surface area contributed by atoms with Gasteiger partial charge in [-0.15, -0.1) is 0 Å². The van der Waals surface area contributed by atoms with Crippen molar-refractivity contribution >= 4 is 5.97 Å². The number of hydrogen-bond donors (Lipinski definition) is 1. The highest BCUT2D eigenvalue weighted by Crippen LogP contribution is 2.00. The molecular weight excluding hydrogens is 142 g/mol. The van der Waals surface area contributed by atoms with E-state index < -0.39 is 0 Å². The molecule has 1 unspecified atom stereocenters. The summed E-state index contributed by atoms with van der Waals surface area (Å²) < 4.78 is 4.92. The zero-order valence-electron chi connectivity index (χ0n) is 7.30.